The molecule has 0 spiro atoms. The number of carbonyl (C=O) groups excluding carboxylic acids is 2. The van der Waals surface area contributed by atoms with E-state index in [4.69, 9.17) is 4.74 Å². The number of hydrogen-bond donors (Lipinski definition) is 0. The summed E-state index contributed by atoms with van der Waals surface area (Å²) >= 11 is 1.44. The van der Waals surface area contributed by atoms with Crippen LogP contribution in [0.2, 0.25) is 0 Å². The van der Waals surface area contributed by atoms with Crippen molar-refractivity contribution in [1.29, 1.82) is 0 Å². The third-order valence-corrected chi connectivity index (χ3v) is 4.79. The van der Waals surface area contributed by atoms with E-state index in [0.29, 0.717) is 17.1 Å². The summed E-state index contributed by atoms with van der Waals surface area (Å²) in [7, 11) is 0. The summed E-state index contributed by atoms with van der Waals surface area (Å²) < 4.78 is 5.50. The van der Waals surface area contributed by atoms with E-state index in [-0.39, 0.29) is 24.5 Å². The van der Waals surface area contributed by atoms with E-state index in [1.807, 2.05) is 52.8 Å². The molecule has 0 radical (unpaired) electrons. The van der Waals surface area contributed by atoms with Crippen LogP contribution in [0.15, 0.2) is 23.1 Å². The second-order valence-electron chi connectivity index (χ2n) is 6.14. The molecule has 1 aromatic carbocycles. The van der Waals surface area contributed by atoms with Crippen LogP contribution in [0.5, 0.6) is 0 Å². The SMILES string of the molecule is CCSC1=C(c2ccc(C)cc2C)C(=O)N(CCOC(C)C)C1=O. The molecule has 130 valence electrons. The van der Waals surface area contributed by atoms with Crippen molar-refractivity contribution in [3.63, 3.8) is 0 Å². The lowest BCUT2D eigenvalue weighted by atomic mass is 9.99. The van der Waals surface area contributed by atoms with Crippen molar-refractivity contribution in [2.75, 3.05) is 18.9 Å². The summed E-state index contributed by atoms with van der Waals surface area (Å²) in [5.41, 5.74) is 3.54. The molecule has 2 amide bonds. The first-order valence-corrected chi connectivity index (χ1v) is 9.27. The summed E-state index contributed by atoms with van der Waals surface area (Å²) in [6.45, 7) is 10.5. The molecule has 0 saturated carbocycles. The van der Waals surface area contributed by atoms with Crippen molar-refractivity contribution in [1.82, 2.24) is 4.90 Å². The van der Waals surface area contributed by atoms with Crippen molar-refractivity contribution >= 4 is 29.1 Å². The maximum atomic E-state index is 12.9. The molecule has 0 fully saturated rings. The summed E-state index contributed by atoms with van der Waals surface area (Å²) in [6, 6.07) is 5.96. The Balaban J connectivity index is 2.35. The van der Waals surface area contributed by atoms with Gasteiger partial charge < -0.3 is 4.74 Å². The molecule has 0 atom stereocenters. The molecular formula is C19H25NO3S. The first kappa shape index (κ1) is 18.7. The van der Waals surface area contributed by atoms with Crippen LogP contribution < -0.4 is 0 Å². The highest BCUT2D eigenvalue weighted by Gasteiger charge is 2.39. The van der Waals surface area contributed by atoms with Gasteiger partial charge in [0, 0.05) is 0 Å². The van der Waals surface area contributed by atoms with Gasteiger partial charge in [0.2, 0.25) is 0 Å². The van der Waals surface area contributed by atoms with Crippen molar-refractivity contribution in [2.24, 2.45) is 0 Å². The van der Waals surface area contributed by atoms with Gasteiger partial charge in [0.05, 0.1) is 29.7 Å². The van der Waals surface area contributed by atoms with Crippen molar-refractivity contribution in [2.45, 2.75) is 40.7 Å². The largest absolute Gasteiger partial charge is 0.377 e. The maximum Gasteiger partial charge on any atom is 0.268 e. The van der Waals surface area contributed by atoms with Crippen LogP contribution in [-0.4, -0.2) is 41.7 Å². The van der Waals surface area contributed by atoms with Gasteiger partial charge in [-0.2, -0.15) is 0 Å². The second-order valence-corrected chi connectivity index (χ2v) is 7.41. The van der Waals surface area contributed by atoms with Crippen LogP contribution >= 0.6 is 11.8 Å². The van der Waals surface area contributed by atoms with Crippen LogP contribution in [0.1, 0.15) is 37.5 Å². The molecule has 4 nitrogen and oxygen atoms in total. The van der Waals surface area contributed by atoms with Gasteiger partial charge in [0.25, 0.3) is 11.8 Å². The van der Waals surface area contributed by atoms with Crippen molar-refractivity contribution in [3.05, 3.63) is 39.8 Å². The van der Waals surface area contributed by atoms with Crippen LogP contribution in [0.4, 0.5) is 0 Å². The molecule has 0 N–H and O–H groups in total. The zero-order valence-corrected chi connectivity index (χ0v) is 15.8. The number of thioether (sulfide) groups is 1. The zero-order chi connectivity index (χ0) is 17.9. The number of carbonyl (C=O) groups is 2. The first-order chi connectivity index (χ1) is 11.4. The molecule has 24 heavy (non-hydrogen) atoms. The first-order valence-electron chi connectivity index (χ1n) is 8.29. The lowest BCUT2D eigenvalue weighted by Crippen LogP contribution is -2.35. The van der Waals surface area contributed by atoms with Crippen molar-refractivity contribution in [3.8, 4) is 0 Å². The average Bonchev–Trinajstić information content (AvgIpc) is 2.72. The molecule has 1 aliphatic heterocycles. The van der Waals surface area contributed by atoms with E-state index in [9.17, 15) is 9.59 Å². The number of amides is 2. The van der Waals surface area contributed by atoms with Crippen LogP contribution in [0, 0.1) is 13.8 Å². The topological polar surface area (TPSA) is 46.6 Å². The van der Waals surface area contributed by atoms with Gasteiger partial charge in [-0.15, -0.1) is 11.8 Å². The minimum absolute atomic E-state index is 0.0778. The lowest BCUT2D eigenvalue weighted by Gasteiger charge is -2.16. The highest BCUT2D eigenvalue weighted by molar-refractivity contribution is 8.04. The van der Waals surface area contributed by atoms with Gasteiger partial charge in [0.15, 0.2) is 0 Å². The van der Waals surface area contributed by atoms with E-state index in [2.05, 4.69) is 0 Å². The molecule has 5 heteroatoms. The van der Waals surface area contributed by atoms with Gasteiger partial charge in [-0.1, -0.05) is 30.7 Å². The van der Waals surface area contributed by atoms with E-state index in [1.165, 1.54) is 16.7 Å². The van der Waals surface area contributed by atoms with Crippen LogP contribution in [0.25, 0.3) is 5.57 Å². The van der Waals surface area contributed by atoms with Crippen LogP contribution in [0.3, 0.4) is 0 Å². The number of rotatable bonds is 7. The predicted molar refractivity (Wildman–Crippen MR) is 98.8 cm³/mol. The predicted octanol–water partition coefficient (Wildman–Crippen LogP) is 3.56. The Morgan fingerprint density at radius 2 is 1.88 bits per heavy atom. The fraction of sp³-hybridized carbons (Fsp3) is 0.474. The third-order valence-electron chi connectivity index (χ3n) is 3.83. The molecule has 0 aliphatic carbocycles. The molecule has 0 saturated heterocycles. The fourth-order valence-electron chi connectivity index (χ4n) is 2.75. The smallest absolute Gasteiger partial charge is 0.268 e. The van der Waals surface area contributed by atoms with Gasteiger partial charge in [0.1, 0.15) is 0 Å². The Labute approximate surface area is 148 Å². The maximum absolute atomic E-state index is 12.9. The van der Waals surface area contributed by atoms with Gasteiger partial charge in [-0.3, -0.25) is 14.5 Å². The third kappa shape index (κ3) is 3.90. The highest BCUT2D eigenvalue weighted by atomic mass is 32.2. The standard InChI is InChI=1S/C19H25NO3S/c1-6-24-17-16(15-8-7-13(4)11-14(15)5)18(21)20(19(17)22)9-10-23-12(2)3/h7-8,11-12H,6,9-10H2,1-5H3. The molecule has 1 aliphatic rings. The second kappa shape index (κ2) is 7.99. The molecule has 2 rings (SSSR count). The Kier molecular flexibility index (Phi) is 6.24. The van der Waals surface area contributed by atoms with Gasteiger partial charge in [-0.05, 0) is 44.6 Å². The summed E-state index contributed by atoms with van der Waals surface area (Å²) in [5, 5.41) is 0. The van der Waals surface area contributed by atoms with E-state index in [0.717, 1.165) is 22.4 Å². The molecule has 1 aromatic rings. The van der Waals surface area contributed by atoms with E-state index >= 15 is 0 Å². The van der Waals surface area contributed by atoms with Crippen LogP contribution in [-0.2, 0) is 14.3 Å². The highest BCUT2D eigenvalue weighted by Crippen LogP contribution is 2.37. The number of aryl methyl sites for hydroxylation is 2. The number of benzene rings is 1. The molecule has 0 unspecified atom stereocenters. The number of ether oxygens (including phenoxy) is 1. The quantitative estimate of drug-likeness (QED) is 0.708. The average molecular weight is 347 g/mol. The molecule has 1 heterocycles. The molecule has 0 aromatic heterocycles. The molecule has 0 bridgehead atoms. The minimum atomic E-state index is -0.213. The van der Waals surface area contributed by atoms with Gasteiger partial charge >= 0.3 is 0 Å². The zero-order valence-electron chi connectivity index (χ0n) is 15.0. The monoisotopic (exact) mass is 347 g/mol. The normalized spacial score (nSPS) is 15.2. The fourth-order valence-corrected chi connectivity index (χ4v) is 3.61. The lowest BCUT2D eigenvalue weighted by molar-refractivity contribution is -0.137. The Bertz CT molecular complexity index is 679. The number of nitrogens with zero attached hydrogens (tertiary/aromatic N) is 1. The summed E-state index contributed by atoms with van der Waals surface area (Å²) in [6.07, 6.45) is 0.0778. The molecular weight excluding hydrogens is 322 g/mol. The van der Waals surface area contributed by atoms with E-state index in [1.54, 1.807) is 0 Å². The van der Waals surface area contributed by atoms with Crippen molar-refractivity contribution < 1.29 is 14.3 Å². The number of hydrogen-bond acceptors (Lipinski definition) is 4. The Hall–Kier alpha value is -1.59. The summed E-state index contributed by atoms with van der Waals surface area (Å²) in [5.74, 6) is 0.337. The Morgan fingerprint density at radius 1 is 1.17 bits per heavy atom. The number of imide groups is 1. The Morgan fingerprint density at radius 3 is 2.46 bits per heavy atom. The summed E-state index contributed by atoms with van der Waals surface area (Å²) in [4.78, 5) is 27.5. The minimum Gasteiger partial charge on any atom is -0.377 e. The van der Waals surface area contributed by atoms with Gasteiger partial charge in [-0.25, -0.2) is 0 Å². The van der Waals surface area contributed by atoms with E-state index < -0.39 is 0 Å².